The van der Waals surface area contributed by atoms with Crippen LogP contribution in [-0.2, 0) is 9.59 Å². The molecule has 10 heteroatoms. The zero-order chi connectivity index (χ0) is 17.3. The van der Waals surface area contributed by atoms with Crippen LogP contribution in [0.3, 0.4) is 0 Å². The van der Waals surface area contributed by atoms with Crippen LogP contribution in [0.5, 0.6) is 0 Å². The third kappa shape index (κ3) is 2.86. The second kappa shape index (κ2) is 5.83. The van der Waals surface area contributed by atoms with Crippen LogP contribution in [-0.4, -0.2) is 44.7 Å². The van der Waals surface area contributed by atoms with E-state index in [1.165, 1.54) is 0 Å². The van der Waals surface area contributed by atoms with Crippen LogP contribution in [0.4, 0.5) is 5.69 Å². The Morgan fingerprint density at radius 1 is 1.26 bits per heavy atom. The maximum absolute atomic E-state index is 12.3. The largest absolute Gasteiger partial charge is 0.480 e. The predicted molar refractivity (Wildman–Crippen MR) is 73.4 cm³/mol. The van der Waals surface area contributed by atoms with Gasteiger partial charge in [0.2, 0.25) is 5.91 Å². The molecule has 0 bridgehead atoms. The molecule has 3 amide bonds. The molecule has 0 aliphatic carbocycles. The minimum atomic E-state index is -1.58. The number of nitro benzene ring substituents is 1. The van der Waals surface area contributed by atoms with E-state index in [1.54, 1.807) is 0 Å². The smallest absolute Gasteiger partial charge is 0.326 e. The van der Waals surface area contributed by atoms with Gasteiger partial charge in [-0.3, -0.25) is 29.4 Å². The van der Waals surface area contributed by atoms with Crippen LogP contribution >= 0.6 is 0 Å². The number of nitro groups is 1. The lowest BCUT2D eigenvalue weighted by Gasteiger charge is -2.21. The summed E-state index contributed by atoms with van der Waals surface area (Å²) in [5.74, 6) is -4.08. The van der Waals surface area contributed by atoms with Crippen molar-refractivity contribution in [2.45, 2.75) is 18.9 Å². The number of nitrogens with two attached hydrogens (primary N) is 1. The van der Waals surface area contributed by atoms with Crippen LogP contribution < -0.4 is 5.73 Å². The molecule has 10 nitrogen and oxygen atoms in total. The van der Waals surface area contributed by atoms with Gasteiger partial charge >= 0.3 is 5.97 Å². The fraction of sp³-hybridized carbons (Fsp3) is 0.231. The number of primary amides is 1. The van der Waals surface area contributed by atoms with Crippen LogP contribution in [0, 0.1) is 10.1 Å². The van der Waals surface area contributed by atoms with Crippen LogP contribution in [0.2, 0.25) is 0 Å². The lowest BCUT2D eigenvalue weighted by molar-refractivity contribution is -0.384. The molecule has 0 fully saturated rings. The highest BCUT2D eigenvalue weighted by molar-refractivity contribution is 6.22. The number of carboxylic acids is 1. The highest BCUT2D eigenvalue weighted by atomic mass is 16.6. The molecular formula is C13H11N3O7. The molecule has 1 aromatic rings. The first-order valence-corrected chi connectivity index (χ1v) is 6.41. The Hall–Kier alpha value is -3.30. The van der Waals surface area contributed by atoms with Gasteiger partial charge in [-0.25, -0.2) is 4.79 Å². The third-order valence-corrected chi connectivity index (χ3v) is 3.37. The Kier molecular flexibility index (Phi) is 4.08. The van der Waals surface area contributed by atoms with Crippen molar-refractivity contribution in [3.63, 3.8) is 0 Å². The Balaban J connectivity index is 2.39. The lowest BCUT2D eigenvalue weighted by Crippen LogP contribution is -2.45. The summed E-state index contributed by atoms with van der Waals surface area (Å²) in [7, 11) is 0. The fourth-order valence-electron chi connectivity index (χ4n) is 2.29. The number of benzene rings is 1. The summed E-state index contributed by atoms with van der Waals surface area (Å²) in [6.07, 6.45) is -0.664. The number of imide groups is 1. The number of hydrogen-bond donors (Lipinski definition) is 2. The molecule has 1 heterocycles. The van der Waals surface area contributed by atoms with Crippen LogP contribution in [0.1, 0.15) is 33.6 Å². The maximum Gasteiger partial charge on any atom is 0.326 e. The Morgan fingerprint density at radius 3 is 2.39 bits per heavy atom. The number of amides is 3. The Morgan fingerprint density at radius 2 is 1.87 bits per heavy atom. The molecule has 0 spiro atoms. The van der Waals surface area contributed by atoms with Crippen molar-refractivity contribution in [1.82, 2.24) is 4.90 Å². The number of carbonyl (C=O) groups is 4. The summed E-state index contributed by atoms with van der Waals surface area (Å²) in [4.78, 5) is 57.1. The second-order valence-corrected chi connectivity index (χ2v) is 4.83. The summed E-state index contributed by atoms with van der Waals surface area (Å²) < 4.78 is 0. The van der Waals surface area contributed by atoms with E-state index >= 15 is 0 Å². The molecule has 1 unspecified atom stereocenters. The van der Waals surface area contributed by atoms with Gasteiger partial charge < -0.3 is 10.8 Å². The maximum atomic E-state index is 12.3. The van der Waals surface area contributed by atoms with E-state index in [0.29, 0.717) is 4.90 Å². The van der Waals surface area contributed by atoms with E-state index in [2.05, 4.69) is 0 Å². The van der Waals surface area contributed by atoms with Gasteiger partial charge in [0.1, 0.15) is 6.04 Å². The average molecular weight is 321 g/mol. The second-order valence-electron chi connectivity index (χ2n) is 4.83. The lowest BCUT2D eigenvalue weighted by atomic mass is 10.1. The standard InChI is InChI=1S/C13H11N3O7/c14-10(17)4-3-9(13(20)21)15-11(18)7-2-1-6(16(22)23)5-8(7)12(15)19/h1-2,5,9H,3-4H2,(H2,14,17)(H,20,21). The highest BCUT2D eigenvalue weighted by Gasteiger charge is 2.43. The normalized spacial score (nSPS) is 14.5. The van der Waals surface area contributed by atoms with Crippen LogP contribution in [0.25, 0.3) is 0 Å². The van der Waals surface area contributed by atoms with Crippen molar-refractivity contribution >= 4 is 29.4 Å². The van der Waals surface area contributed by atoms with E-state index < -0.39 is 40.3 Å². The van der Waals surface area contributed by atoms with Gasteiger partial charge in [-0.1, -0.05) is 0 Å². The molecule has 2 rings (SSSR count). The Bertz CT molecular complexity index is 743. The summed E-state index contributed by atoms with van der Waals surface area (Å²) in [5, 5.41) is 19.9. The van der Waals surface area contributed by atoms with E-state index in [-0.39, 0.29) is 24.0 Å². The summed E-state index contributed by atoms with van der Waals surface area (Å²) >= 11 is 0. The van der Waals surface area contributed by atoms with E-state index in [1.807, 2.05) is 0 Å². The number of nitrogens with zero attached hydrogens (tertiary/aromatic N) is 2. The first-order valence-electron chi connectivity index (χ1n) is 6.41. The topological polar surface area (TPSA) is 161 Å². The SMILES string of the molecule is NC(=O)CCC(C(=O)O)N1C(=O)c2ccc([N+](=O)[O-])cc2C1=O. The number of hydrogen-bond acceptors (Lipinski definition) is 6. The van der Waals surface area contributed by atoms with Crippen molar-refractivity contribution in [3.05, 3.63) is 39.4 Å². The summed E-state index contributed by atoms with van der Waals surface area (Å²) in [6.45, 7) is 0. The number of carboxylic acid groups (broad SMARTS) is 1. The Labute approximate surface area is 128 Å². The molecule has 1 aliphatic rings. The molecule has 0 saturated heterocycles. The number of aliphatic carboxylic acids is 1. The van der Waals surface area contributed by atoms with Gasteiger partial charge in [0.15, 0.2) is 0 Å². The van der Waals surface area contributed by atoms with Crippen molar-refractivity contribution in [2.75, 3.05) is 0 Å². The molecule has 3 N–H and O–H groups in total. The number of carbonyl (C=O) groups excluding carboxylic acids is 3. The van der Waals surface area contributed by atoms with Crippen molar-refractivity contribution in [1.29, 1.82) is 0 Å². The van der Waals surface area contributed by atoms with E-state index in [9.17, 15) is 34.4 Å². The van der Waals surface area contributed by atoms with Gasteiger partial charge in [-0.05, 0) is 12.5 Å². The number of rotatable bonds is 6. The molecule has 0 radical (unpaired) electrons. The third-order valence-electron chi connectivity index (χ3n) is 3.37. The van der Waals surface area contributed by atoms with Crippen LogP contribution in [0.15, 0.2) is 18.2 Å². The average Bonchev–Trinajstić information content (AvgIpc) is 2.71. The summed E-state index contributed by atoms with van der Waals surface area (Å²) in [6, 6.07) is 1.49. The van der Waals surface area contributed by atoms with Crippen molar-refractivity contribution < 1.29 is 29.2 Å². The summed E-state index contributed by atoms with van der Waals surface area (Å²) in [5.41, 5.74) is 4.20. The quantitative estimate of drug-likeness (QED) is 0.420. The van der Waals surface area contributed by atoms with Gasteiger partial charge in [-0.2, -0.15) is 0 Å². The predicted octanol–water partition coefficient (Wildman–Crippen LogP) is -0.0905. The molecular weight excluding hydrogens is 310 g/mol. The monoisotopic (exact) mass is 321 g/mol. The van der Waals surface area contributed by atoms with Crippen molar-refractivity contribution in [3.8, 4) is 0 Å². The van der Waals surface area contributed by atoms with Gasteiger partial charge in [0, 0.05) is 18.6 Å². The molecule has 1 atom stereocenters. The first-order chi connectivity index (χ1) is 10.7. The van der Waals surface area contributed by atoms with Gasteiger partial charge in [-0.15, -0.1) is 0 Å². The minimum Gasteiger partial charge on any atom is -0.480 e. The van der Waals surface area contributed by atoms with E-state index in [4.69, 9.17) is 5.73 Å². The highest BCUT2D eigenvalue weighted by Crippen LogP contribution is 2.29. The van der Waals surface area contributed by atoms with Crippen molar-refractivity contribution in [2.24, 2.45) is 5.73 Å². The molecule has 0 saturated carbocycles. The van der Waals surface area contributed by atoms with Gasteiger partial charge in [0.05, 0.1) is 16.1 Å². The van der Waals surface area contributed by atoms with Gasteiger partial charge in [0.25, 0.3) is 17.5 Å². The first kappa shape index (κ1) is 16.1. The molecule has 23 heavy (non-hydrogen) atoms. The zero-order valence-corrected chi connectivity index (χ0v) is 11.6. The van der Waals surface area contributed by atoms with E-state index in [0.717, 1.165) is 18.2 Å². The minimum absolute atomic E-state index is 0.120. The fourth-order valence-corrected chi connectivity index (χ4v) is 2.29. The molecule has 1 aliphatic heterocycles. The number of fused-ring (bicyclic) bond motifs is 1. The zero-order valence-electron chi connectivity index (χ0n) is 11.6. The number of non-ortho nitro benzene ring substituents is 1. The molecule has 120 valence electrons. The molecule has 0 aromatic heterocycles. The molecule has 1 aromatic carbocycles.